The first kappa shape index (κ1) is 23.6. The standard InChI is InChI=1S/C31H39NO/c1-5-19-32-20-18-23-6-8-26(9-7-23)31-29(25-12-10-24(11-13-25)22(2)3)16-14-27-21-28(33-4)15-17-30(27)31/h6-13,15,17,21-22,29,31-32H,5,14,16,18-20H2,1-4H3/t29-,31+/m1/s1. The summed E-state index contributed by atoms with van der Waals surface area (Å²) in [7, 11) is 1.76. The molecule has 0 radical (unpaired) electrons. The summed E-state index contributed by atoms with van der Waals surface area (Å²) in [5.41, 5.74) is 8.59. The highest BCUT2D eigenvalue weighted by molar-refractivity contribution is 5.48. The van der Waals surface area contributed by atoms with Crippen LogP contribution in [0.4, 0.5) is 0 Å². The van der Waals surface area contributed by atoms with Gasteiger partial charge in [0.15, 0.2) is 0 Å². The molecule has 0 saturated heterocycles. The number of methoxy groups -OCH3 is 1. The minimum atomic E-state index is 0.372. The van der Waals surface area contributed by atoms with Crippen LogP contribution in [-0.2, 0) is 12.8 Å². The molecule has 0 aliphatic heterocycles. The summed E-state index contributed by atoms with van der Waals surface area (Å²) in [4.78, 5) is 0. The second-order valence-electron chi connectivity index (χ2n) is 9.75. The van der Waals surface area contributed by atoms with Crippen molar-refractivity contribution in [2.45, 2.75) is 64.2 Å². The molecule has 0 bridgehead atoms. The predicted molar refractivity (Wildman–Crippen MR) is 140 cm³/mol. The Labute approximate surface area is 200 Å². The number of rotatable bonds is 9. The van der Waals surface area contributed by atoms with Gasteiger partial charge in [-0.2, -0.15) is 0 Å². The molecule has 0 saturated carbocycles. The minimum Gasteiger partial charge on any atom is -0.497 e. The van der Waals surface area contributed by atoms with Crippen LogP contribution < -0.4 is 10.1 Å². The van der Waals surface area contributed by atoms with Gasteiger partial charge in [0.1, 0.15) is 5.75 Å². The lowest BCUT2D eigenvalue weighted by Crippen LogP contribution is -2.21. The van der Waals surface area contributed by atoms with Crippen LogP contribution in [0.3, 0.4) is 0 Å². The fourth-order valence-corrected chi connectivity index (χ4v) is 5.25. The SMILES string of the molecule is CCCNCCc1ccc([C@@H]2c3ccc(OC)cc3CC[C@@H]2c2ccc(C(C)C)cc2)cc1. The number of benzene rings is 3. The van der Waals surface area contributed by atoms with E-state index in [-0.39, 0.29) is 0 Å². The molecule has 0 aromatic heterocycles. The average Bonchev–Trinajstić information content (AvgIpc) is 2.86. The van der Waals surface area contributed by atoms with Crippen molar-refractivity contribution in [3.63, 3.8) is 0 Å². The van der Waals surface area contributed by atoms with Gasteiger partial charge < -0.3 is 10.1 Å². The molecule has 2 heteroatoms. The zero-order valence-corrected chi connectivity index (χ0v) is 20.7. The van der Waals surface area contributed by atoms with E-state index in [1.165, 1.54) is 39.8 Å². The second-order valence-corrected chi connectivity index (χ2v) is 9.75. The van der Waals surface area contributed by atoms with Crippen LogP contribution >= 0.6 is 0 Å². The second kappa shape index (κ2) is 11.0. The van der Waals surface area contributed by atoms with E-state index in [0.717, 1.165) is 38.1 Å². The zero-order chi connectivity index (χ0) is 23.2. The first-order valence-electron chi connectivity index (χ1n) is 12.7. The van der Waals surface area contributed by atoms with Gasteiger partial charge >= 0.3 is 0 Å². The van der Waals surface area contributed by atoms with Gasteiger partial charge in [0.25, 0.3) is 0 Å². The van der Waals surface area contributed by atoms with Gasteiger partial charge in [-0.1, -0.05) is 75.4 Å². The minimum absolute atomic E-state index is 0.372. The van der Waals surface area contributed by atoms with Crippen LogP contribution in [-0.4, -0.2) is 20.2 Å². The smallest absolute Gasteiger partial charge is 0.119 e. The third-order valence-electron chi connectivity index (χ3n) is 7.20. The van der Waals surface area contributed by atoms with E-state index >= 15 is 0 Å². The van der Waals surface area contributed by atoms with Crippen molar-refractivity contribution in [1.82, 2.24) is 5.32 Å². The molecule has 33 heavy (non-hydrogen) atoms. The molecule has 174 valence electrons. The molecule has 0 spiro atoms. The van der Waals surface area contributed by atoms with Crippen LogP contribution in [0.1, 0.15) is 84.7 Å². The Morgan fingerprint density at radius 2 is 1.64 bits per heavy atom. The fraction of sp³-hybridized carbons (Fsp3) is 0.419. The van der Waals surface area contributed by atoms with Crippen LogP contribution in [0.5, 0.6) is 5.75 Å². The molecule has 1 aliphatic carbocycles. The van der Waals surface area contributed by atoms with Crippen molar-refractivity contribution >= 4 is 0 Å². The Hall–Kier alpha value is -2.58. The van der Waals surface area contributed by atoms with Gasteiger partial charge in [0, 0.05) is 5.92 Å². The number of hydrogen-bond acceptors (Lipinski definition) is 2. The summed E-state index contributed by atoms with van der Waals surface area (Å²) in [5.74, 6) is 2.39. The molecule has 3 aromatic rings. The van der Waals surface area contributed by atoms with E-state index in [1.807, 2.05) is 0 Å². The molecule has 4 rings (SSSR count). The molecule has 2 nitrogen and oxygen atoms in total. The maximum absolute atomic E-state index is 5.53. The topological polar surface area (TPSA) is 21.3 Å². The van der Waals surface area contributed by atoms with E-state index in [0.29, 0.717) is 17.8 Å². The van der Waals surface area contributed by atoms with Crippen LogP contribution in [0, 0.1) is 0 Å². The number of aryl methyl sites for hydroxylation is 1. The molecule has 1 aliphatic rings. The average molecular weight is 442 g/mol. The Kier molecular flexibility index (Phi) is 7.88. The van der Waals surface area contributed by atoms with Gasteiger partial charge in [-0.15, -0.1) is 0 Å². The first-order chi connectivity index (χ1) is 16.1. The third kappa shape index (κ3) is 5.50. The highest BCUT2D eigenvalue weighted by atomic mass is 16.5. The van der Waals surface area contributed by atoms with Crippen molar-refractivity contribution in [2.24, 2.45) is 0 Å². The van der Waals surface area contributed by atoms with Crippen LogP contribution in [0.2, 0.25) is 0 Å². The van der Waals surface area contributed by atoms with Crippen molar-refractivity contribution < 1.29 is 4.74 Å². The lowest BCUT2D eigenvalue weighted by Gasteiger charge is -2.35. The monoisotopic (exact) mass is 441 g/mol. The molecule has 0 heterocycles. The quantitative estimate of drug-likeness (QED) is 0.354. The van der Waals surface area contributed by atoms with Gasteiger partial charge in [0.2, 0.25) is 0 Å². The van der Waals surface area contributed by atoms with Crippen molar-refractivity contribution in [2.75, 3.05) is 20.2 Å². The number of nitrogens with one attached hydrogen (secondary N) is 1. The van der Waals surface area contributed by atoms with Gasteiger partial charge in [-0.3, -0.25) is 0 Å². The number of ether oxygens (including phenoxy) is 1. The molecule has 0 fully saturated rings. The summed E-state index contributed by atoms with van der Waals surface area (Å²) in [6.07, 6.45) is 4.53. The third-order valence-corrected chi connectivity index (χ3v) is 7.20. The maximum Gasteiger partial charge on any atom is 0.119 e. The molecule has 1 N–H and O–H groups in total. The highest BCUT2D eigenvalue weighted by Gasteiger charge is 2.32. The summed E-state index contributed by atoms with van der Waals surface area (Å²) in [6.45, 7) is 8.89. The Bertz CT molecular complexity index is 1020. The Morgan fingerprint density at radius 1 is 0.909 bits per heavy atom. The molecule has 0 amide bonds. The lowest BCUT2D eigenvalue weighted by atomic mass is 9.69. The summed E-state index contributed by atoms with van der Waals surface area (Å²) >= 11 is 0. The van der Waals surface area contributed by atoms with Gasteiger partial charge in [0.05, 0.1) is 7.11 Å². The van der Waals surface area contributed by atoms with Gasteiger partial charge in [-0.05, 0) is 96.1 Å². The summed E-state index contributed by atoms with van der Waals surface area (Å²) in [5, 5.41) is 3.51. The van der Waals surface area contributed by atoms with Crippen molar-refractivity contribution in [3.8, 4) is 5.75 Å². The summed E-state index contributed by atoms with van der Waals surface area (Å²) < 4.78 is 5.53. The lowest BCUT2D eigenvalue weighted by molar-refractivity contribution is 0.412. The van der Waals surface area contributed by atoms with E-state index in [1.54, 1.807) is 7.11 Å². The van der Waals surface area contributed by atoms with Crippen LogP contribution in [0.15, 0.2) is 66.7 Å². The van der Waals surface area contributed by atoms with E-state index in [9.17, 15) is 0 Å². The summed E-state index contributed by atoms with van der Waals surface area (Å²) in [6, 6.07) is 25.5. The molecule has 3 aromatic carbocycles. The first-order valence-corrected chi connectivity index (χ1v) is 12.7. The van der Waals surface area contributed by atoms with Crippen LogP contribution in [0.25, 0.3) is 0 Å². The number of fused-ring (bicyclic) bond motifs is 1. The van der Waals surface area contributed by atoms with E-state index in [4.69, 9.17) is 4.74 Å². The molecule has 0 unspecified atom stereocenters. The predicted octanol–water partition coefficient (Wildman–Crippen LogP) is 7.22. The van der Waals surface area contributed by atoms with E-state index in [2.05, 4.69) is 92.8 Å². The Morgan fingerprint density at radius 3 is 2.30 bits per heavy atom. The molecular formula is C31H39NO. The molecule has 2 atom stereocenters. The number of hydrogen-bond donors (Lipinski definition) is 1. The van der Waals surface area contributed by atoms with Gasteiger partial charge in [-0.25, -0.2) is 0 Å². The van der Waals surface area contributed by atoms with E-state index < -0.39 is 0 Å². The van der Waals surface area contributed by atoms with Crippen molar-refractivity contribution in [1.29, 1.82) is 0 Å². The van der Waals surface area contributed by atoms with Crippen molar-refractivity contribution in [3.05, 3.63) is 100 Å². The Balaban J connectivity index is 1.65. The molecular weight excluding hydrogens is 402 g/mol. The maximum atomic E-state index is 5.53. The normalized spacial score (nSPS) is 17.7. The zero-order valence-electron chi connectivity index (χ0n) is 20.7. The highest BCUT2D eigenvalue weighted by Crippen LogP contribution is 2.47. The largest absolute Gasteiger partial charge is 0.497 e. The fourth-order valence-electron chi connectivity index (χ4n) is 5.25.